The van der Waals surface area contributed by atoms with Crippen LogP contribution >= 0.6 is 0 Å². The van der Waals surface area contributed by atoms with Crippen LogP contribution < -0.4 is 0 Å². The van der Waals surface area contributed by atoms with Crippen LogP contribution in [0.2, 0.25) is 0 Å². The molecule has 5 heteroatoms. The first-order chi connectivity index (χ1) is 27.3. The molecule has 0 unspecified atom stereocenters. The average Bonchev–Trinajstić information content (AvgIpc) is 3.71. The van der Waals surface area contributed by atoms with E-state index in [-0.39, 0.29) is 0 Å². The van der Waals surface area contributed by atoms with Crippen molar-refractivity contribution in [2.24, 2.45) is 0 Å². The molecule has 10 aromatic rings. The quantitative estimate of drug-likeness (QED) is 0.178. The van der Waals surface area contributed by atoms with Gasteiger partial charge >= 0.3 is 0 Å². The van der Waals surface area contributed by atoms with Gasteiger partial charge in [0.25, 0.3) is 0 Å². The molecule has 0 fully saturated rings. The van der Waals surface area contributed by atoms with E-state index in [9.17, 15) is 5.26 Å². The number of rotatable bonds is 5. The van der Waals surface area contributed by atoms with Gasteiger partial charge in [0.2, 0.25) is 0 Å². The highest BCUT2D eigenvalue weighted by Gasteiger charge is 2.24. The fraction of sp³-hybridized carbons (Fsp3) is 0.0784. The van der Waals surface area contributed by atoms with Crippen molar-refractivity contribution in [1.82, 2.24) is 19.1 Å². The summed E-state index contributed by atoms with van der Waals surface area (Å²) in [6.45, 7) is 8.52. The zero-order chi connectivity index (χ0) is 38.1. The zero-order valence-electron chi connectivity index (χ0n) is 31.7. The molecule has 0 aliphatic heterocycles. The molecule has 0 saturated heterocycles. The van der Waals surface area contributed by atoms with Crippen molar-refractivity contribution >= 4 is 43.6 Å². The maximum Gasteiger partial charge on any atom is 0.160 e. The molecule has 0 atom stereocenters. The largest absolute Gasteiger partial charge is 0.308 e. The van der Waals surface area contributed by atoms with E-state index in [1.807, 2.05) is 36.4 Å². The van der Waals surface area contributed by atoms with Gasteiger partial charge in [-0.15, -0.1) is 0 Å². The van der Waals surface area contributed by atoms with Gasteiger partial charge < -0.3 is 9.13 Å². The summed E-state index contributed by atoms with van der Waals surface area (Å²) >= 11 is 0. The summed E-state index contributed by atoms with van der Waals surface area (Å²) in [4.78, 5) is 10.6. The van der Waals surface area contributed by atoms with Gasteiger partial charge in [-0.25, -0.2) is 9.97 Å². The molecule has 266 valence electrons. The molecule has 3 aromatic heterocycles. The van der Waals surface area contributed by atoms with E-state index in [4.69, 9.17) is 9.97 Å². The smallest absolute Gasteiger partial charge is 0.160 e. The monoisotopic (exact) mass is 719 g/mol. The lowest BCUT2D eigenvalue weighted by Crippen LogP contribution is -2.06. The van der Waals surface area contributed by atoms with Gasteiger partial charge in [0.05, 0.1) is 44.8 Å². The van der Waals surface area contributed by atoms with Gasteiger partial charge in [-0.05, 0) is 94.4 Å². The number of fused-ring (bicyclic) bond motifs is 6. The number of aromatic nitrogens is 4. The minimum atomic E-state index is 0.566. The Morgan fingerprint density at radius 3 is 1.11 bits per heavy atom. The highest BCUT2D eigenvalue weighted by molar-refractivity contribution is 6.11. The molecule has 10 rings (SSSR count). The minimum Gasteiger partial charge on any atom is -0.308 e. The number of nitriles is 1. The molecule has 7 aromatic carbocycles. The van der Waals surface area contributed by atoms with Crippen LogP contribution in [0.1, 0.15) is 27.8 Å². The fourth-order valence-electron chi connectivity index (χ4n) is 8.32. The van der Waals surface area contributed by atoms with Crippen LogP contribution in [0.4, 0.5) is 0 Å². The van der Waals surface area contributed by atoms with Crippen LogP contribution in [0, 0.1) is 39.0 Å². The van der Waals surface area contributed by atoms with Crippen molar-refractivity contribution < 1.29 is 0 Å². The summed E-state index contributed by atoms with van der Waals surface area (Å²) in [7, 11) is 0. The maximum absolute atomic E-state index is 11.4. The summed E-state index contributed by atoms with van der Waals surface area (Å²) in [6.07, 6.45) is 0. The van der Waals surface area contributed by atoms with Crippen molar-refractivity contribution in [3.05, 3.63) is 179 Å². The number of benzene rings is 7. The van der Waals surface area contributed by atoms with Gasteiger partial charge in [-0.2, -0.15) is 5.26 Å². The molecule has 56 heavy (non-hydrogen) atoms. The van der Waals surface area contributed by atoms with Crippen LogP contribution in [-0.4, -0.2) is 19.1 Å². The van der Waals surface area contributed by atoms with Gasteiger partial charge in [-0.3, -0.25) is 0 Å². The maximum atomic E-state index is 11.4. The van der Waals surface area contributed by atoms with Crippen molar-refractivity contribution in [3.63, 3.8) is 0 Å². The van der Waals surface area contributed by atoms with Crippen molar-refractivity contribution in [2.45, 2.75) is 27.7 Å². The number of nitrogens with zero attached hydrogens (tertiary/aromatic N) is 5. The Bertz CT molecular complexity index is 2910. The van der Waals surface area contributed by atoms with E-state index in [0.717, 1.165) is 83.1 Å². The molecule has 0 saturated carbocycles. The Labute approximate surface area is 325 Å². The first kappa shape index (κ1) is 33.3. The molecular weight excluding hydrogens is 683 g/mol. The lowest BCUT2D eigenvalue weighted by atomic mass is 10.0. The summed E-state index contributed by atoms with van der Waals surface area (Å²) in [5.41, 5.74) is 15.5. The number of aryl methyl sites for hydroxylation is 4. The Morgan fingerprint density at radius 1 is 0.411 bits per heavy atom. The molecule has 0 N–H and O–H groups in total. The predicted octanol–water partition coefficient (Wildman–Crippen LogP) is 12.8. The minimum absolute atomic E-state index is 0.566. The van der Waals surface area contributed by atoms with E-state index in [2.05, 4.69) is 158 Å². The molecular formula is C51H37N5. The molecule has 0 radical (unpaired) electrons. The van der Waals surface area contributed by atoms with E-state index >= 15 is 0 Å². The van der Waals surface area contributed by atoms with E-state index in [1.165, 1.54) is 22.3 Å². The van der Waals surface area contributed by atoms with Gasteiger partial charge in [-0.1, -0.05) is 107 Å². The van der Waals surface area contributed by atoms with Crippen LogP contribution in [0.25, 0.3) is 88.9 Å². The number of hydrogen-bond acceptors (Lipinski definition) is 3. The molecule has 0 amide bonds. The van der Waals surface area contributed by atoms with E-state index < -0.39 is 0 Å². The molecule has 5 nitrogen and oxygen atoms in total. The summed E-state index contributed by atoms with van der Waals surface area (Å²) in [5.74, 6) is 0.581. The lowest BCUT2D eigenvalue weighted by molar-refractivity contribution is 1.11. The summed E-state index contributed by atoms with van der Waals surface area (Å²) < 4.78 is 4.52. The van der Waals surface area contributed by atoms with Gasteiger partial charge in [0.1, 0.15) is 11.6 Å². The third kappa shape index (κ3) is 5.38. The second-order valence-corrected chi connectivity index (χ2v) is 14.9. The zero-order valence-corrected chi connectivity index (χ0v) is 31.7. The van der Waals surface area contributed by atoms with Crippen molar-refractivity contribution in [3.8, 4) is 51.3 Å². The highest BCUT2D eigenvalue weighted by Crippen LogP contribution is 2.41. The van der Waals surface area contributed by atoms with Gasteiger partial charge in [0, 0.05) is 38.2 Å². The Kier molecular flexibility index (Phi) is 7.69. The summed E-state index contributed by atoms with van der Waals surface area (Å²) in [6, 6.07) is 55.9. The van der Waals surface area contributed by atoms with Crippen LogP contribution in [0.5, 0.6) is 0 Å². The van der Waals surface area contributed by atoms with Crippen molar-refractivity contribution in [2.75, 3.05) is 0 Å². The molecule has 0 aliphatic carbocycles. The second kappa shape index (κ2) is 12.9. The standard InChI is InChI=1S/C51H37N5/c1-31-15-19-45-38(23-31)39-24-32(2)16-20-46(39)55(45)49-27-37(51-53-43(35-11-7-5-8-12-35)29-44(54-51)36-13-9-6-10-14-36)28-50(42(49)30-52)56-47-21-17-33(3)25-40(47)41-26-34(4)18-22-48(41)56/h5-29H,1-4H3. The highest BCUT2D eigenvalue weighted by atomic mass is 15.0. The van der Waals surface area contributed by atoms with E-state index in [1.54, 1.807) is 0 Å². The molecule has 0 aliphatic rings. The molecule has 3 heterocycles. The van der Waals surface area contributed by atoms with E-state index in [0.29, 0.717) is 11.4 Å². The van der Waals surface area contributed by atoms with Gasteiger partial charge in [0.15, 0.2) is 5.82 Å². The Hall–Kier alpha value is -7.29. The predicted molar refractivity (Wildman–Crippen MR) is 231 cm³/mol. The molecule has 0 spiro atoms. The topological polar surface area (TPSA) is 59.4 Å². The first-order valence-electron chi connectivity index (χ1n) is 19.0. The molecule has 0 bridgehead atoms. The average molecular weight is 720 g/mol. The van der Waals surface area contributed by atoms with Crippen LogP contribution in [0.15, 0.2) is 152 Å². The Balaban J connectivity index is 1.37. The third-order valence-electron chi connectivity index (χ3n) is 11.0. The number of hydrogen-bond donors (Lipinski definition) is 0. The van der Waals surface area contributed by atoms with Crippen LogP contribution in [0.3, 0.4) is 0 Å². The Morgan fingerprint density at radius 2 is 0.768 bits per heavy atom. The summed E-state index contributed by atoms with van der Waals surface area (Å²) in [5, 5.41) is 16.0. The SMILES string of the molecule is Cc1ccc2c(c1)c1cc(C)ccc1n2-c1cc(-c2nc(-c3ccccc3)cc(-c3ccccc3)n2)cc(-n2c3ccc(C)cc3c3cc(C)ccc32)c1C#N. The first-order valence-corrected chi connectivity index (χ1v) is 19.0. The second-order valence-electron chi connectivity index (χ2n) is 14.9. The lowest BCUT2D eigenvalue weighted by Gasteiger charge is -2.18. The fourth-order valence-corrected chi connectivity index (χ4v) is 8.32. The normalized spacial score (nSPS) is 11.6. The third-order valence-corrected chi connectivity index (χ3v) is 11.0. The van der Waals surface area contributed by atoms with Crippen molar-refractivity contribution in [1.29, 1.82) is 5.26 Å². The van der Waals surface area contributed by atoms with Crippen LogP contribution in [-0.2, 0) is 0 Å².